The zero-order valence-corrected chi connectivity index (χ0v) is 8.09. The van der Waals surface area contributed by atoms with Crippen LogP contribution in [0.5, 0.6) is 0 Å². The van der Waals surface area contributed by atoms with E-state index in [4.69, 9.17) is 4.74 Å². The van der Waals surface area contributed by atoms with Gasteiger partial charge in [-0.25, -0.2) is 0 Å². The second-order valence-electron chi connectivity index (χ2n) is 4.05. The molecule has 0 saturated carbocycles. The average Bonchev–Trinajstić information content (AvgIpc) is 2.20. The van der Waals surface area contributed by atoms with E-state index in [1.165, 1.54) is 0 Å². The molecule has 12 heavy (non-hydrogen) atoms. The first-order valence-electron chi connectivity index (χ1n) is 4.41. The minimum atomic E-state index is 0.133. The fourth-order valence-electron chi connectivity index (χ4n) is 1.50. The summed E-state index contributed by atoms with van der Waals surface area (Å²) in [6.07, 6.45) is 0.653. The first-order valence-corrected chi connectivity index (χ1v) is 4.41. The Morgan fingerprint density at radius 3 is 2.67 bits per heavy atom. The lowest BCUT2D eigenvalue weighted by molar-refractivity contribution is -0.132. The van der Waals surface area contributed by atoms with Crippen LogP contribution in [0.25, 0.3) is 0 Å². The Hall–Kier alpha value is -0.570. The van der Waals surface area contributed by atoms with Crippen LogP contribution in [0.3, 0.4) is 0 Å². The van der Waals surface area contributed by atoms with E-state index >= 15 is 0 Å². The first-order chi connectivity index (χ1) is 5.55. The van der Waals surface area contributed by atoms with Gasteiger partial charge >= 0.3 is 0 Å². The van der Waals surface area contributed by atoms with Gasteiger partial charge in [-0.15, -0.1) is 0 Å². The van der Waals surface area contributed by atoms with Crippen molar-refractivity contribution in [3.63, 3.8) is 0 Å². The van der Waals surface area contributed by atoms with Crippen molar-refractivity contribution in [3.05, 3.63) is 0 Å². The first kappa shape index (κ1) is 9.52. The Bertz CT molecular complexity index is 177. The van der Waals surface area contributed by atoms with E-state index in [0.717, 1.165) is 6.54 Å². The summed E-state index contributed by atoms with van der Waals surface area (Å²) < 4.78 is 5.19. The van der Waals surface area contributed by atoms with Crippen molar-refractivity contribution in [1.82, 2.24) is 4.90 Å². The Morgan fingerprint density at radius 2 is 2.25 bits per heavy atom. The number of carbonyl (C=O) groups excluding carboxylic acids is 1. The Kier molecular flexibility index (Phi) is 2.73. The van der Waals surface area contributed by atoms with E-state index in [1.54, 1.807) is 4.90 Å². The third kappa shape index (κ3) is 2.21. The number of carbonyl (C=O) groups is 1. The SMILES string of the molecule is CCOCN1CC(C)(C)CC1=O. The summed E-state index contributed by atoms with van der Waals surface area (Å²) in [6.45, 7) is 8.11. The number of hydrogen-bond donors (Lipinski definition) is 0. The topological polar surface area (TPSA) is 29.5 Å². The van der Waals surface area contributed by atoms with Gasteiger partial charge < -0.3 is 9.64 Å². The molecular weight excluding hydrogens is 154 g/mol. The molecule has 1 saturated heterocycles. The van der Waals surface area contributed by atoms with Crippen molar-refractivity contribution < 1.29 is 9.53 Å². The normalized spacial score (nSPS) is 21.9. The van der Waals surface area contributed by atoms with Gasteiger partial charge in [-0.1, -0.05) is 13.8 Å². The van der Waals surface area contributed by atoms with Gasteiger partial charge in [-0.3, -0.25) is 4.79 Å². The fourth-order valence-corrected chi connectivity index (χ4v) is 1.50. The smallest absolute Gasteiger partial charge is 0.225 e. The molecule has 1 aliphatic heterocycles. The van der Waals surface area contributed by atoms with Crippen molar-refractivity contribution in [3.8, 4) is 0 Å². The molecule has 0 atom stereocenters. The summed E-state index contributed by atoms with van der Waals surface area (Å²) in [5.41, 5.74) is 0.133. The van der Waals surface area contributed by atoms with Crippen LogP contribution < -0.4 is 0 Å². The van der Waals surface area contributed by atoms with Crippen LogP contribution in [-0.4, -0.2) is 30.7 Å². The van der Waals surface area contributed by atoms with E-state index in [-0.39, 0.29) is 11.3 Å². The predicted octanol–water partition coefficient (Wildman–Crippen LogP) is 1.24. The Morgan fingerprint density at radius 1 is 1.58 bits per heavy atom. The van der Waals surface area contributed by atoms with Crippen LogP contribution in [0.1, 0.15) is 27.2 Å². The van der Waals surface area contributed by atoms with Crippen LogP contribution >= 0.6 is 0 Å². The largest absolute Gasteiger partial charge is 0.361 e. The molecule has 3 nitrogen and oxygen atoms in total. The second kappa shape index (κ2) is 3.44. The third-order valence-corrected chi connectivity index (χ3v) is 2.05. The van der Waals surface area contributed by atoms with Crippen molar-refractivity contribution in [2.24, 2.45) is 5.41 Å². The highest BCUT2D eigenvalue weighted by atomic mass is 16.5. The highest BCUT2D eigenvalue weighted by molar-refractivity contribution is 5.79. The molecule has 0 bridgehead atoms. The molecule has 1 heterocycles. The summed E-state index contributed by atoms with van der Waals surface area (Å²) in [7, 11) is 0. The standard InChI is InChI=1S/C9H17NO2/c1-4-12-7-10-6-9(2,3)5-8(10)11/h4-7H2,1-3H3. The molecule has 3 heteroatoms. The van der Waals surface area contributed by atoms with Crippen molar-refractivity contribution in [2.45, 2.75) is 27.2 Å². The highest BCUT2D eigenvalue weighted by Crippen LogP contribution is 2.29. The number of hydrogen-bond acceptors (Lipinski definition) is 2. The molecular formula is C9H17NO2. The minimum Gasteiger partial charge on any atom is -0.361 e. The second-order valence-corrected chi connectivity index (χ2v) is 4.05. The molecule has 0 radical (unpaired) electrons. The van der Waals surface area contributed by atoms with Crippen molar-refractivity contribution in [2.75, 3.05) is 19.9 Å². The van der Waals surface area contributed by atoms with Crippen LogP contribution in [0.2, 0.25) is 0 Å². The van der Waals surface area contributed by atoms with Gasteiger partial charge in [0.05, 0.1) is 0 Å². The molecule has 0 N–H and O–H groups in total. The maximum Gasteiger partial charge on any atom is 0.225 e. The fraction of sp³-hybridized carbons (Fsp3) is 0.889. The van der Waals surface area contributed by atoms with Crippen molar-refractivity contribution >= 4 is 5.91 Å². The maximum atomic E-state index is 11.3. The van der Waals surface area contributed by atoms with Gasteiger partial charge in [0.2, 0.25) is 5.91 Å². The summed E-state index contributed by atoms with van der Waals surface area (Å²) in [6, 6.07) is 0. The zero-order valence-electron chi connectivity index (χ0n) is 8.09. The average molecular weight is 171 g/mol. The van der Waals surface area contributed by atoms with Gasteiger partial charge in [0.25, 0.3) is 0 Å². The highest BCUT2D eigenvalue weighted by Gasteiger charge is 2.35. The molecule has 0 unspecified atom stereocenters. The summed E-state index contributed by atoms with van der Waals surface area (Å²) in [5.74, 6) is 0.216. The van der Waals surface area contributed by atoms with Crippen LogP contribution in [0.15, 0.2) is 0 Å². The van der Waals surface area contributed by atoms with Crippen LogP contribution in [0, 0.1) is 5.41 Å². The van der Waals surface area contributed by atoms with E-state index in [9.17, 15) is 4.79 Å². The van der Waals surface area contributed by atoms with E-state index in [0.29, 0.717) is 19.8 Å². The summed E-state index contributed by atoms with van der Waals surface area (Å²) in [4.78, 5) is 13.1. The van der Waals surface area contributed by atoms with Gasteiger partial charge in [-0.05, 0) is 12.3 Å². The number of likely N-dealkylation sites (tertiary alicyclic amines) is 1. The molecule has 0 aliphatic carbocycles. The zero-order chi connectivity index (χ0) is 9.19. The number of nitrogens with zero attached hydrogens (tertiary/aromatic N) is 1. The van der Waals surface area contributed by atoms with Gasteiger partial charge in [-0.2, -0.15) is 0 Å². The lowest BCUT2D eigenvalue weighted by Gasteiger charge is -2.18. The number of amides is 1. The minimum absolute atomic E-state index is 0.133. The molecule has 70 valence electrons. The molecule has 0 aromatic carbocycles. The monoisotopic (exact) mass is 171 g/mol. The van der Waals surface area contributed by atoms with Gasteiger partial charge in [0.1, 0.15) is 6.73 Å². The van der Waals surface area contributed by atoms with E-state index < -0.39 is 0 Å². The summed E-state index contributed by atoms with van der Waals surface area (Å²) >= 11 is 0. The molecule has 1 fully saturated rings. The van der Waals surface area contributed by atoms with E-state index in [1.807, 2.05) is 6.92 Å². The molecule has 0 aromatic heterocycles. The Labute approximate surface area is 73.7 Å². The lowest BCUT2D eigenvalue weighted by Crippen LogP contribution is -2.29. The molecule has 1 amide bonds. The van der Waals surface area contributed by atoms with Crippen molar-refractivity contribution in [1.29, 1.82) is 0 Å². The molecule has 0 aromatic rings. The molecule has 1 rings (SSSR count). The lowest BCUT2D eigenvalue weighted by atomic mass is 9.93. The summed E-state index contributed by atoms with van der Waals surface area (Å²) in [5, 5.41) is 0. The maximum absolute atomic E-state index is 11.3. The molecule has 0 spiro atoms. The third-order valence-electron chi connectivity index (χ3n) is 2.05. The number of rotatable bonds is 3. The Balaban J connectivity index is 2.42. The molecule has 1 aliphatic rings. The van der Waals surface area contributed by atoms with Gasteiger partial charge in [0.15, 0.2) is 0 Å². The van der Waals surface area contributed by atoms with E-state index in [2.05, 4.69) is 13.8 Å². The quantitative estimate of drug-likeness (QED) is 0.639. The van der Waals surface area contributed by atoms with Crippen LogP contribution in [-0.2, 0) is 9.53 Å². The predicted molar refractivity (Wildman–Crippen MR) is 46.6 cm³/mol. The van der Waals surface area contributed by atoms with Gasteiger partial charge in [0, 0.05) is 19.6 Å². The number of ether oxygens (including phenoxy) is 1. The van der Waals surface area contributed by atoms with Crippen LogP contribution in [0.4, 0.5) is 0 Å².